The van der Waals surface area contributed by atoms with Crippen LogP contribution in [0.1, 0.15) is 24.3 Å². The number of nitrogens with zero attached hydrogens (tertiary/aromatic N) is 2. The highest BCUT2D eigenvalue weighted by atomic mass is 35.5. The summed E-state index contributed by atoms with van der Waals surface area (Å²) in [5.74, 6) is 0.357. The van der Waals surface area contributed by atoms with Crippen LogP contribution >= 0.6 is 22.9 Å². The normalized spacial score (nSPS) is 11.7. The third-order valence-electron chi connectivity index (χ3n) is 3.11. The number of hydrogen-bond acceptors (Lipinski definition) is 5. The van der Waals surface area contributed by atoms with Crippen molar-refractivity contribution < 1.29 is 9.32 Å². The second-order valence-corrected chi connectivity index (χ2v) is 7.42. The van der Waals surface area contributed by atoms with E-state index in [9.17, 15) is 4.79 Å². The van der Waals surface area contributed by atoms with E-state index in [4.69, 9.17) is 21.9 Å². The molecule has 0 atom stereocenters. The minimum atomic E-state index is -0.186. The Morgan fingerprint density at radius 1 is 1.52 bits per heavy atom. The standard InChI is InChI=1S/C14H18ClN3O2S/c1-14(2,7-16)8-18(3)13(19)9-6-10(20-17-9)11-4-5-12(15)21-11/h4-6H,7-8,16H2,1-3H3. The Labute approximate surface area is 132 Å². The second kappa shape index (κ2) is 6.17. The Morgan fingerprint density at radius 2 is 2.24 bits per heavy atom. The van der Waals surface area contributed by atoms with Gasteiger partial charge in [-0.2, -0.15) is 0 Å². The molecule has 0 aliphatic heterocycles. The maximum absolute atomic E-state index is 12.3. The quantitative estimate of drug-likeness (QED) is 0.915. The van der Waals surface area contributed by atoms with Crippen molar-refractivity contribution in [2.24, 2.45) is 11.1 Å². The predicted octanol–water partition coefficient (Wildman–Crippen LogP) is 3.11. The van der Waals surface area contributed by atoms with Gasteiger partial charge in [0.25, 0.3) is 5.91 Å². The molecule has 21 heavy (non-hydrogen) atoms. The third-order valence-corrected chi connectivity index (χ3v) is 4.36. The van der Waals surface area contributed by atoms with E-state index in [1.165, 1.54) is 11.3 Å². The fraction of sp³-hybridized carbons (Fsp3) is 0.429. The summed E-state index contributed by atoms with van der Waals surface area (Å²) in [6, 6.07) is 5.25. The van der Waals surface area contributed by atoms with Crippen LogP contribution in [0.25, 0.3) is 10.6 Å². The minimum Gasteiger partial charge on any atom is -0.355 e. The van der Waals surface area contributed by atoms with Crippen molar-refractivity contribution in [2.75, 3.05) is 20.1 Å². The van der Waals surface area contributed by atoms with Crippen LogP contribution in [-0.4, -0.2) is 36.1 Å². The van der Waals surface area contributed by atoms with E-state index in [0.717, 1.165) is 4.88 Å². The lowest BCUT2D eigenvalue weighted by molar-refractivity contribution is 0.0730. The van der Waals surface area contributed by atoms with Crippen molar-refractivity contribution in [1.29, 1.82) is 0 Å². The number of carbonyl (C=O) groups is 1. The summed E-state index contributed by atoms with van der Waals surface area (Å²) in [4.78, 5) is 14.8. The number of aromatic nitrogens is 1. The molecule has 2 aromatic heterocycles. The topological polar surface area (TPSA) is 72.4 Å². The lowest BCUT2D eigenvalue weighted by Crippen LogP contribution is -2.39. The Balaban J connectivity index is 2.12. The van der Waals surface area contributed by atoms with Crippen LogP contribution < -0.4 is 5.73 Å². The smallest absolute Gasteiger partial charge is 0.275 e. The third kappa shape index (κ3) is 3.84. The minimum absolute atomic E-state index is 0.141. The average Bonchev–Trinajstić information content (AvgIpc) is 3.05. The number of halogens is 1. The summed E-state index contributed by atoms with van der Waals surface area (Å²) in [6.07, 6.45) is 0. The molecule has 2 N–H and O–H groups in total. The molecular formula is C14H18ClN3O2S. The fourth-order valence-corrected chi connectivity index (χ4v) is 2.90. The zero-order valence-corrected chi connectivity index (χ0v) is 13.8. The van der Waals surface area contributed by atoms with Gasteiger partial charge in [-0.25, -0.2) is 0 Å². The molecule has 2 aromatic rings. The molecular weight excluding hydrogens is 310 g/mol. The Bertz CT molecular complexity index is 636. The van der Waals surface area contributed by atoms with Crippen LogP contribution in [0, 0.1) is 5.41 Å². The molecule has 7 heteroatoms. The Kier molecular flexibility index (Phi) is 4.70. The molecule has 0 unspecified atom stereocenters. The Morgan fingerprint density at radius 3 is 2.81 bits per heavy atom. The molecule has 1 amide bonds. The van der Waals surface area contributed by atoms with Crippen LogP contribution in [0.5, 0.6) is 0 Å². The monoisotopic (exact) mass is 327 g/mol. The summed E-state index contributed by atoms with van der Waals surface area (Å²) < 4.78 is 5.88. The average molecular weight is 328 g/mol. The largest absolute Gasteiger partial charge is 0.355 e. The number of thiophene rings is 1. The van der Waals surface area contributed by atoms with Crippen LogP contribution in [0.2, 0.25) is 4.34 Å². The van der Waals surface area contributed by atoms with E-state index in [1.807, 2.05) is 19.9 Å². The predicted molar refractivity (Wildman–Crippen MR) is 84.6 cm³/mol. The van der Waals surface area contributed by atoms with Crippen molar-refractivity contribution in [2.45, 2.75) is 13.8 Å². The molecule has 0 saturated carbocycles. The fourth-order valence-electron chi connectivity index (χ4n) is 1.91. The van der Waals surface area contributed by atoms with Gasteiger partial charge in [0.15, 0.2) is 11.5 Å². The van der Waals surface area contributed by atoms with E-state index >= 15 is 0 Å². The highest BCUT2D eigenvalue weighted by Gasteiger charge is 2.24. The second-order valence-electron chi connectivity index (χ2n) is 5.71. The molecule has 114 valence electrons. The van der Waals surface area contributed by atoms with Crippen molar-refractivity contribution in [3.05, 3.63) is 28.2 Å². The molecule has 0 radical (unpaired) electrons. The van der Waals surface area contributed by atoms with E-state index < -0.39 is 0 Å². The van der Waals surface area contributed by atoms with Gasteiger partial charge in [-0.15, -0.1) is 11.3 Å². The molecule has 5 nitrogen and oxygen atoms in total. The van der Waals surface area contributed by atoms with Gasteiger partial charge in [0, 0.05) is 19.7 Å². The maximum Gasteiger partial charge on any atom is 0.275 e. The van der Waals surface area contributed by atoms with Gasteiger partial charge in [0.2, 0.25) is 0 Å². The Hall–Kier alpha value is -1.37. The van der Waals surface area contributed by atoms with Gasteiger partial charge in [0.05, 0.1) is 9.21 Å². The van der Waals surface area contributed by atoms with Crippen LogP contribution in [0.4, 0.5) is 0 Å². The van der Waals surface area contributed by atoms with Gasteiger partial charge in [0.1, 0.15) is 0 Å². The zero-order valence-electron chi connectivity index (χ0n) is 12.2. The van der Waals surface area contributed by atoms with Crippen LogP contribution in [-0.2, 0) is 0 Å². The van der Waals surface area contributed by atoms with Crippen molar-refractivity contribution in [3.8, 4) is 10.6 Å². The van der Waals surface area contributed by atoms with Gasteiger partial charge in [-0.05, 0) is 24.1 Å². The van der Waals surface area contributed by atoms with Gasteiger partial charge in [-0.3, -0.25) is 4.79 Å². The maximum atomic E-state index is 12.3. The lowest BCUT2D eigenvalue weighted by atomic mass is 9.93. The number of rotatable bonds is 5. The highest BCUT2D eigenvalue weighted by Crippen LogP contribution is 2.31. The molecule has 2 rings (SSSR count). The molecule has 0 saturated heterocycles. The summed E-state index contributed by atoms with van der Waals surface area (Å²) >= 11 is 7.27. The number of amides is 1. The van der Waals surface area contributed by atoms with E-state index in [2.05, 4.69) is 5.16 Å². The molecule has 0 bridgehead atoms. The molecule has 0 fully saturated rings. The first-order valence-electron chi connectivity index (χ1n) is 6.50. The first-order valence-corrected chi connectivity index (χ1v) is 7.70. The zero-order chi connectivity index (χ0) is 15.6. The van der Waals surface area contributed by atoms with Crippen LogP contribution in [0.15, 0.2) is 22.7 Å². The van der Waals surface area contributed by atoms with E-state index in [-0.39, 0.29) is 17.0 Å². The SMILES string of the molecule is CN(CC(C)(C)CN)C(=O)c1cc(-c2ccc(Cl)s2)on1. The van der Waals surface area contributed by atoms with Crippen molar-refractivity contribution >= 4 is 28.8 Å². The number of carbonyl (C=O) groups excluding carboxylic acids is 1. The highest BCUT2D eigenvalue weighted by molar-refractivity contribution is 7.19. The first-order chi connectivity index (χ1) is 9.82. The summed E-state index contributed by atoms with van der Waals surface area (Å²) in [6.45, 7) is 5.08. The molecule has 0 aromatic carbocycles. The number of nitrogens with two attached hydrogens (primary N) is 1. The van der Waals surface area contributed by atoms with Gasteiger partial charge >= 0.3 is 0 Å². The van der Waals surface area contributed by atoms with Crippen LogP contribution in [0.3, 0.4) is 0 Å². The van der Waals surface area contributed by atoms with E-state index in [0.29, 0.717) is 23.2 Å². The van der Waals surface area contributed by atoms with Crippen molar-refractivity contribution in [3.63, 3.8) is 0 Å². The summed E-state index contributed by atoms with van der Waals surface area (Å²) in [5, 5.41) is 3.84. The molecule has 2 heterocycles. The molecule has 0 aliphatic carbocycles. The molecule has 0 aliphatic rings. The van der Waals surface area contributed by atoms with Crippen molar-refractivity contribution in [1.82, 2.24) is 10.1 Å². The first kappa shape index (κ1) is 16.0. The van der Waals surface area contributed by atoms with E-state index in [1.54, 1.807) is 24.1 Å². The molecule has 0 spiro atoms. The summed E-state index contributed by atoms with van der Waals surface area (Å²) in [7, 11) is 1.73. The van der Waals surface area contributed by atoms with Gasteiger partial charge < -0.3 is 15.2 Å². The summed E-state index contributed by atoms with van der Waals surface area (Å²) in [5.41, 5.74) is 5.83. The lowest BCUT2D eigenvalue weighted by Gasteiger charge is -2.28. The number of hydrogen-bond donors (Lipinski definition) is 1. The van der Waals surface area contributed by atoms with Gasteiger partial charge in [-0.1, -0.05) is 30.6 Å².